The lowest BCUT2D eigenvalue weighted by molar-refractivity contribution is -0.125. The van der Waals surface area contributed by atoms with Crippen LogP contribution in [-0.2, 0) is 4.79 Å². The molecule has 0 aliphatic carbocycles. The fourth-order valence-corrected chi connectivity index (χ4v) is 2.05. The number of hydrogen-bond donors (Lipinski definition) is 0. The summed E-state index contributed by atoms with van der Waals surface area (Å²) in [6.07, 6.45) is 8.14. The lowest BCUT2D eigenvalue weighted by Gasteiger charge is -2.18. The molecule has 0 radical (unpaired) electrons. The number of carbonyl (C=O) groups excluding carboxylic acids is 1. The van der Waals surface area contributed by atoms with Gasteiger partial charge in [-0.25, -0.2) is 0 Å². The van der Waals surface area contributed by atoms with Crippen molar-refractivity contribution in [2.24, 2.45) is 0 Å². The summed E-state index contributed by atoms with van der Waals surface area (Å²) in [5, 5.41) is 0. The number of nitrogens with zero attached hydrogens (tertiary/aromatic N) is 1. The van der Waals surface area contributed by atoms with Gasteiger partial charge in [0, 0.05) is 18.4 Å². The van der Waals surface area contributed by atoms with E-state index in [0.717, 1.165) is 23.5 Å². The van der Waals surface area contributed by atoms with Crippen LogP contribution in [0.4, 0.5) is 0 Å². The molecule has 0 saturated carbocycles. The van der Waals surface area contributed by atoms with Crippen LogP contribution in [0, 0.1) is 12.3 Å². The molecule has 3 heteroatoms. The van der Waals surface area contributed by atoms with Gasteiger partial charge in [0.05, 0.1) is 6.54 Å². The van der Waals surface area contributed by atoms with Crippen molar-refractivity contribution in [1.82, 2.24) is 4.90 Å². The number of rotatable bonds is 2. The first kappa shape index (κ1) is 10.2. The second-order valence-corrected chi connectivity index (χ2v) is 4.04. The highest BCUT2D eigenvalue weighted by molar-refractivity contribution is 7.99. The van der Waals surface area contributed by atoms with E-state index in [1.54, 1.807) is 23.7 Å². The molecule has 0 spiro atoms. The van der Waals surface area contributed by atoms with Crippen LogP contribution in [0.2, 0.25) is 0 Å². The number of amides is 1. The average Bonchev–Trinajstić information content (AvgIpc) is 2.18. The van der Waals surface area contributed by atoms with Crippen molar-refractivity contribution in [2.75, 3.05) is 25.1 Å². The third-order valence-corrected chi connectivity index (χ3v) is 2.90. The highest BCUT2D eigenvalue weighted by Crippen LogP contribution is 2.17. The predicted octanol–water partition coefficient (Wildman–Crippen LogP) is 1.14. The first-order chi connectivity index (χ1) is 6.25. The number of thioether (sulfide) groups is 1. The molecule has 1 aliphatic rings. The standard InChI is InChI=1S/C10H13NOS/c1-3-6-11(2)10(12)9-5-4-7-13-8-9/h1,5H,4,6-8H2,2H3. The van der Waals surface area contributed by atoms with Crippen LogP contribution in [0.1, 0.15) is 6.42 Å². The summed E-state index contributed by atoms with van der Waals surface area (Å²) in [7, 11) is 1.74. The Hall–Kier alpha value is -0.880. The van der Waals surface area contributed by atoms with Gasteiger partial charge in [0.25, 0.3) is 5.91 Å². The van der Waals surface area contributed by atoms with Gasteiger partial charge in [-0.2, -0.15) is 11.8 Å². The number of hydrogen-bond acceptors (Lipinski definition) is 2. The van der Waals surface area contributed by atoms with Crippen LogP contribution in [0.25, 0.3) is 0 Å². The number of likely N-dealkylation sites (N-methyl/N-ethyl adjacent to an activating group) is 1. The molecule has 0 aromatic rings. The Morgan fingerprint density at radius 3 is 3.15 bits per heavy atom. The summed E-state index contributed by atoms with van der Waals surface area (Å²) < 4.78 is 0. The molecule has 0 aromatic heterocycles. The van der Waals surface area contributed by atoms with Gasteiger partial charge in [0.1, 0.15) is 0 Å². The quantitative estimate of drug-likeness (QED) is 0.616. The largest absolute Gasteiger partial charge is 0.331 e. The molecule has 2 nitrogen and oxygen atoms in total. The van der Waals surface area contributed by atoms with E-state index in [0.29, 0.717) is 6.54 Å². The van der Waals surface area contributed by atoms with Gasteiger partial charge in [0.15, 0.2) is 0 Å². The highest BCUT2D eigenvalue weighted by atomic mass is 32.2. The van der Waals surface area contributed by atoms with Crippen LogP contribution in [0.3, 0.4) is 0 Å². The van der Waals surface area contributed by atoms with Crippen LogP contribution in [0.5, 0.6) is 0 Å². The third kappa shape index (κ3) is 2.82. The first-order valence-electron chi connectivity index (χ1n) is 4.21. The molecule has 0 saturated heterocycles. The van der Waals surface area contributed by atoms with Crippen molar-refractivity contribution in [3.8, 4) is 12.3 Å². The Kier molecular flexibility index (Phi) is 3.91. The van der Waals surface area contributed by atoms with Crippen molar-refractivity contribution in [1.29, 1.82) is 0 Å². The summed E-state index contributed by atoms with van der Waals surface area (Å²) in [6.45, 7) is 0.390. The molecule has 0 N–H and O–H groups in total. The lowest BCUT2D eigenvalue weighted by atomic mass is 10.2. The van der Waals surface area contributed by atoms with Gasteiger partial charge in [-0.05, 0) is 12.2 Å². The molecule has 1 rings (SSSR count). The molecule has 0 fully saturated rings. The molecular weight excluding hydrogens is 182 g/mol. The van der Waals surface area contributed by atoms with Crippen molar-refractivity contribution in [3.05, 3.63) is 11.6 Å². The second kappa shape index (κ2) is 4.98. The summed E-state index contributed by atoms with van der Waals surface area (Å²) in [5.74, 6) is 4.48. The minimum Gasteiger partial charge on any atom is -0.331 e. The SMILES string of the molecule is C#CCN(C)C(=O)C1=CCCSC1. The third-order valence-electron chi connectivity index (χ3n) is 1.86. The molecule has 0 aromatic carbocycles. The molecule has 70 valence electrons. The summed E-state index contributed by atoms with van der Waals surface area (Å²) in [6, 6.07) is 0. The van der Waals surface area contributed by atoms with E-state index in [1.807, 2.05) is 6.08 Å². The van der Waals surface area contributed by atoms with Gasteiger partial charge in [0.2, 0.25) is 0 Å². The van der Waals surface area contributed by atoms with E-state index >= 15 is 0 Å². The Balaban J connectivity index is 2.56. The summed E-state index contributed by atoms with van der Waals surface area (Å²) >= 11 is 1.80. The van der Waals surface area contributed by atoms with E-state index in [1.165, 1.54) is 0 Å². The van der Waals surface area contributed by atoms with Gasteiger partial charge < -0.3 is 4.90 Å². The smallest absolute Gasteiger partial charge is 0.250 e. The van der Waals surface area contributed by atoms with Crippen molar-refractivity contribution >= 4 is 17.7 Å². The topological polar surface area (TPSA) is 20.3 Å². The van der Waals surface area contributed by atoms with E-state index in [2.05, 4.69) is 5.92 Å². The van der Waals surface area contributed by atoms with Gasteiger partial charge in [-0.1, -0.05) is 12.0 Å². The van der Waals surface area contributed by atoms with E-state index in [9.17, 15) is 4.79 Å². The Morgan fingerprint density at radius 2 is 2.62 bits per heavy atom. The zero-order chi connectivity index (χ0) is 9.68. The van der Waals surface area contributed by atoms with Gasteiger partial charge >= 0.3 is 0 Å². The molecule has 0 unspecified atom stereocenters. The lowest BCUT2D eigenvalue weighted by Crippen LogP contribution is -2.29. The summed E-state index contributed by atoms with van der Waals surface area (Å²) in [4.78, 5) is 13.2. The maximum atomic E-state index is 11.6. The van der Waals surface area contributed by atoms with Crippen molar-refractivity contribution in [2.45, 2.75) is 6.42 Å². The second-order valence-electron chi connectivity index (χ2n) is 2.94. The van der Waals surface area contributed by atoms with E-state index in [4.69, 9.17) is 6.42 Å². The van der Waals surface area contributed by atoms with Crippen LogP contribution in [0.15, 0.2) is 11.6 Å². The fourth-order valence-electron chi connectivity index (χ4n) is 1.16. The maximum absolute atomic E-state index is 11.6. The molecule has 13 heavy (non-hydrogen) atoms. The Labute approximate surface area is 83.4 Å². The van der Waals surface area contributed by atoms with E-state index < -0.39 is 0 Å². The zero-order valence-corrected chi connectivity index (χ0v) is 8.56. The first-order valence-corrected chi connectivity index (χ1v) is 5.37. The van der Waals surface area contributed by atoms with Crippen LogP contribution < -0.4 is 0 Å². The van der Waals surface area contributed by atoms with Gasteiger partial charge in [-0.15, -0.1) is 6.42 Å². The number of allylic oxidation sites excluding steroid dienone is 1. The molecule has 1 amide bonds. The minimum atomic E-state index is 0.0742. The molecule has 1 aliphatic heterocycles. The van der Waals surface area contributed by atoms with Crippen molar-refractivity contribution in [3.63, 3.8) is 0 Å². The van der Waals surface area contributed by atoms with Crippen LogP contribution in [-0.4, -0.2) is 35.9 Å². The zero-order valence-electron chi connectivity index (χ0n) is 7.75. The maximum Gasteiger partial charge on any atom is 0.250 e. The summed E-state index contributed by atoms with van der Waals surface area (Å²) in [5.41, 5.74) is 0.897. The van der Waals surface area contributed by atoms with E-state index in [-0.39, 0.29) is 5.91 Å². The predicted molar refractivity (Wildman–Crippen MR) is 56.5 cm³/mol. The minimum absolute atomic E-state index is 0.0742. The fraction of sp³-hybridized carbons (Fsp3) is 0.500. The average molecular weight is 195 g/mol. The normalized spacial score (nSPS) is 15.8. The molecule has 1 heterocycles. The Morgan fingerprint density at radius 1 is 1.85 bits per heavy atom. The monoisotopic (exact) mass is 195 g/mol. The van der Waals surface area contributed by atoms with Crippen LogP contribution >= 0.6 is 11.8 Å². The van der Waals surface area contributed by atoms with Gasteiger partial charge in [-0.3, -0.25) is 4.79 Å². The molecular formula is C10H13NOS. The van der Waals surface area contributed by atoms with Crippen molar-refractivity contribution < 1.29 is 4.79 Å². The Bertz CT molecular complexity index is 265. The number of terminal acetylenes is 1. The highest BCUT2D eigenvalue weighted by Gasteiger charge is 2.15. The molecule has 0 atom stereocenters. The molecule has 0 bridgehead atoms. The number of carbonyl (C=O) groups is 1.